The van der Waals surface area contributed by atoms with E-state index in [1.54, 1.807) is 18.2 Å². The highest BCUT2D eigenvalue weighted by molar-refractivity contribution is 7.88. The molecule has 1 aliphatic heterocycles. The summed E-state index contributed by atoms with van der Waals surface area (Å²) in [5.41, 5.74) is 1.54. The average Bonchev–Trinajstić information content (AvgIpc) is 2.87. The first-order chi connectivity index (χ1) is 11.4. The molecule has 0 atom stereocenters. The molecule has 0 unspecified atom stereocenters. The Hall–Kier alpha value is -2.15. The summed E-state index contributed by atoms with van der Waals surface area (Å²) in [6.45, 7) is 3.21. The Morgan fingerprint density at radius 3 is 2.54 bits per heavy atom. The van der Waals surface area contributed by atoms with Gasteiger partial charge in [0.25, 0.3) is 0 Å². The molecule has 0 bridgehead atoms. The van der Waals surface area contributed by atoms with Crippen molar-refractivity contribution >= 4 is 21.1 Å². The molecule has 0 spiro atoms. The maximum Gasteiger partial charge on any atom is 0.419 e. The molecule has 1 aliphatic rings. The van der Waals surface area contributed by atoms with E-state index in [0.717, 1.165) is 0 Å². The Morgan fingerprint density at radius 2 is 1.92 bits per heavy atom. The minimum Gasteiger partial charge on any atom is -0.408 e. The van der Waals surface area contributed by atoms with E-state index in [9.17, 15) is 13.2 Å². The molecule has 1 saturated heterocycles. The van der Waals surface area contributed by atoms with Crippen molar-refractivity contribution in [3.8, 4) is 6.07 Å². The molecule has 128 valence electrons. The van der Waals surface area contributed by atoms with Crippen molar-refractivity contribution in [2.75, 3.05) is 39.0 Å². The van der Waals surface area contributed by atoms with Crippen molar-refractivity contribution in [3.63, 3.8) is 0 Å². The molecule has 0 saturated carbocycles. The number of nitriles is 1. The first-order valence-corrected chi connectivity index (χ1v) is 9.44. The average molecular weight is 350 g/mol. The molecule has 3 rings (SSSR count). The van der Waals surface area contributed by atoms with Gasteiger partial charge in [0.2, 0.25) is 10.0 Å². The first kappa shape index (κ1) is 16.7. The van der Waals surface area contributed by atoms with E-state index in [-0.39, 0.29) is 0 Å². The summed E-state index contributed by atoms with van der Waals surface area (Å²) >= 11 is 0. The molecule has 2 aromatic rings. The highest BCUT2D eigenvalue weighted by Gasteiger charge is 2.23. The number of benzene rings is 1. The standard InChI is InChI=1S/C15H18N4O4S/c1-24(21,22)18-7-4-17(5-8-18)6-9-19-13-10-12(11-16)2-3-14(13)23-15(19)20/h2-3,10H,4-9H2,1H3. The fourth-order valence-corrected chi connectivity index (χ4v) is 3.70. The van der Waals surface area contributed by atoms with Crippen LogP contribution in [0.25, 0.3) is 11.1 Å². The van der Waals surface area contributed by atoms with Crippen LogP contribution < -0.4 is 5.76 Å². The van der Waals surface area contributed by atoms with Crippen LogP contribution in [-0.4, -0.2) is 61.2 Å². The number of rotatable bonds is 4. The molecule has 2 heterocycles. The van der Waals surface area contributed by atoms with Crippen molar-refractivity contribution in [1.82, 2.24) is 13.8 Å². The second kappa shape index (κ2) is 6.39. The summed E-state index contributed by atoms with van der Waals surface area (Å²) in [6, 6.07) is 6.92. The van der Waals surface area contributed by atoms with E-state index < -0.39 is 15.8 Å². The van der Waals surface area contributed by atoms with Gasteiger partial charge in [-0.15, -0.1) is 0 Å². The molecule has 9 heteroatoms. The monoisotopic (exact) mass is 350 g/mol. The third-order valence-corrected chi connectivity index (χ3v) is 5.54. The molecule has 0 amide bonds. The third-order valence-electron chi connectivity index (χ3n) is 4.24. The fraction of sp³-hybridized carbons (Fsp3) is 0.467. The molecule has 0 N–H and O–H groups in total. The van der Waals surface area contributed by atoms with Gasteiger partial charge in [-0.05, 0) is 18.2 Å². The van der Waals surface area contributed by atoms with Gasteiger partial charge in [0.05, 0.1) is 23.4 Å². The molecule has 1 aromatic carbocycles. The summed E-state index contributed by atoms with van der Waals surface area (Å²) in [4.78, 5) is 14.1. The van der Waals surface area contributed by atoms with Crippen LogP contribution in [0.3, 0.4) is 0 Å². The number of hydrogen-bond donors (Lipinski definition) is 0. The third kappa shape index (κ3) is 3.36. The second-order valence-corrected chi connectivity index (χ2v) is 7.80. The lowest BCUT2D eigenvalue weighted by atomic mass is 10.2. The van der Waals surface area contributed by atoms with Crippen LogP contribution in [0.15, 0.2) is 27.4 Å². The minimum atomic E-state index is -3.14. The Balaban J connectivity index is 1.70. The van der Waals surface area contributed by atoms with Gasteiger partial charge in [0, 0.05) is 39.3 Å². The van der Waals surface area contributed by atoms with Crippen LogP contribution in [0.5, 0.6) is 0 Å². The minimum absolute atomic E-state index is 0.430. The highest BCUT2D eigenvalue weighted by Crippen LogP contribution is 2.15. The van der Waals surface area contributed by atoms with Crippen LogP contribution in [0, 0.1) is 11.3 Å². The zero-order valence-electron chi connectivity index (χ0n) is 13.3. The lowest BCUT2D eigenvalue weighted by Gasteiger charge is -2.33. The second-order valence-electron chi connectivity index (χ2n) is 5.82. The number of fused-ring (bicyclic) bond motifs is 1. The first-order valence-electron chi connectivity index (χ1n) is 7.59. The van der Waals surface area contributed by atoms with Gasteiger partial charge in [-0.1, -0.05) is 0 Å². The summed E-state index contributed by atoms with van der Waals surface area (Å²) in [7, 11) is -3.14. The summed E-state index contributed by atoms with van der Waals surface area (Å²) < 4.78 is 31.2. The highest BCUT2D eigenvalue weighted by atomic mass is 32.2. The van der Waals surface area contributed by atoms with Crippen molar-refractivity contribution in [2.45, 2.75) is 6.54 Å². The normalized spacial score (nSPS) is 17.2. The molecule has 24 heavy (non-hydrogen) atoms. The molecule has 8 nitrogen and oxygen atoms in total. The number of aromatic nitrogens is 1. The molecule has 1 aromatic heterocycles. The lowest BCUT2D eigenvalue weighted by molar-refractivity contribution is 0.183. The predicted molar refractivity (Wildman–Crippen MR) is 88.0 cm³/mol. The van der Waals surface area contributed by atoms with E-state index in [4.69, 9.17) is 9.68 Å². The van der Waals surface area contributed by atoms with Gasteiger partial charge < -0.3 is 4.42 Å². The van der Waals surface area contributed by atoms with Crippen molar-refractivity contribution in [2.24, 2.45) is 0 Å². The number of hydrogen-bond acceptors (Lipinski definition) is 6. The Kier molecular flexibility index (Phi) is 4.45. The van der Waals surface area contributed by atoms with Crippen LogP contribution in [0.1, 0.15) is 5.56 Å². The largest absolute Gasteiger partial charge is 0.419 e. The SMILES string of the molecule is CS(=O)(=O)N1CCN(CCn2c(=O)oc3ccc(C#N)cc32)CC1. The van der Waals surface area contributed by atoms with Gasteiger partial charge in [-0.3, -0.25) is 9.47 Å². The van der Waals surface area contributed by atoms with E-state index in [1.807, 2.05) is 0 Å². The molecule has 1 fully saturated rings. The van der Waals surface area contributed by atoms with E-state index >= 15 is 0 Å². The van der Waals surface area contributed by atoms with Gasteiger partial charge in [0.15, 0.2) is 5.58 Å². The van der Waals surface area contributed by atoms with E-state index in [0.29, 0.717) is 55.9 Å². The van der Waals surface area contributed by atoms with Crippen LogP contribution in [0.4, 0.5) is 0 Å². The number of piperazine rings is 1. The van der Waals surface area contributed by atoms with Crippen LogP contribution in [0.2, 0.25) is 0 Å². The van der Waals surface area contributed by atoms with Gasteiger partial charge in [-0.25, -0.2) is 13.2 Å². The molecule has 0 radical (unpaired) electrons. The van der Waals surface area contributed by atoms with E-state index in [2.05, 4.69) is 11.0 Å². The fourth-order valence-electron chi connectivity index (χ4n) is 2.87. The zero-order valence-corrected chi connectivity index (χ0v) is 14.1. The quantitative estimate of drug-likeness (QED) is 0.772. The van der Waals surface area contributed by atoms with E-state index in [1.165, 1.54) is 15.1 Å². The smallest absolute Gasteiger partial charge is 0.408 e. The summed E-state index contributed by atoms with van der Waals surface area (Å²) in [5, 5.41) is 8.99. The zero-order chi connectivity index (χ0) is 17.3. The number of sulfonamides is 1. The number of nitrogens with zero attached hydrogens (tertiary/aromatic N) is 4. The predicted octanol–water partition coefficient (Wildman–Crippen LogP) is 0.0434. The summed E-state index contributed by atoms with van der Waals surface area (Å²) in [5.74, 6) is -0.449. The Bertz CT molecular complexity index is 946. The van der Waals surface area contributed by atoms with Crippen molar-refractivity contribution in [1.29, 1.82) is 5.26 Å². The van der Waals surface area contributed by atoms with Crippen molar-refractivity contribution in [3.05, 3.63) is 34.3 Å². The van der Waals surface area contributed by atoms with Crippen LogP contribution in [-0.2, 0) is 16.6 Å². The Morgan fingerprint density at radius 1 is 1.21 bits per heavy atom. The van der Waals surface area contributed by atoms with Gasteiger partial charge in [-0.2, -0.15) is 9.57 Å². The molecule has 0 aliphatic carbocycles. The summed E-state index contributed by atoms with van der Waals surface area (Å²) in [6.07, 6.45) is 1.21. The van der Waals surface area contributed by atoms with Crippen molar-refractivity contribution < 1.29 is 12.8 Å². The van der Waals surface area contributed by atoms with Gasteiger partial charge >= 0.3 is 5.76 Å². The molecular formula is C15H18N4O4S. The maximum absolute atomic E-state index is 12.0. The Labute approximate surface area is 139 Å². The lowest BCUT2D eigenvalue weighted by Crippen LogP contribution is -2.49. The maximum atomic E-state index is 12.0. The molecular weight excluding hydrogens is 332 g/mol. The topological polar surface area (TPSA) is 99.6 Å². The van der Waals surface area contributed by atoms with Crippen LogP contribution >= 0.6 is 0 Å². The van der Waals surface area contributed by atoms with Gasteiger partial charge in [0.1, 0.15) is 0 Å². The number of oxazole rings is 1.